The summed E-state index contributed by atoms with van der Waals surface area (Å²) in [7, 11) is 0. The Kier molecular flexibility index (Phi) is 3.05. The van der Waals surface area contributed by atoms with Gasteiger partial charge in [-0.1, -0.05) is 0 Å². The van der Waals surface area contributed by atoms with E-state index in [1.54, 1.807) is 17.5 Å². The van der Waals surface area contributed by atoms with Crippen LogP contribution >= 0.6 is 38.9 Å². The van der Waals surface area contributed by atoms with E-state index >= 15 is 0 Å². The lowest BCUT2D eigenvalue weighted by Gasteiger charge is -2.03. The molecule has 0 aliphatic heterocycles. The van der Waals surface area contributed by atoms with Gasteiger partial charge in [0.05, 0.1) is 14.9 Å². The Bertz CT molecular complexity index is 741. The highest BCUT2D eigenvalue weighted by atomic mass is 79.9. The average molecular weight is 341 g/mol. The summed E-state index contributed by atoms with van der Waals surface area (Å²) in [4.78, 5) is 12.8. The van der Waals surface area contributed by atoms with Crippen LogP contribution in [0.4, 0.5) is 0 Å². The van der Waals surface area contributed by atoms with Gasteiger partial charge in [-0.3, -0.25) is 4.98 Å². The predicted octanol–water partition coefficient (Wildman–Crippen LogP) is 4.48. The van der Waals surface area contributed by atoms with E-state index in [1.165, 1.54) is 0 Å². The Labute approximate surface area is 121 Å². The number of halogens is 2. The highest BCUT2D eigenvalue weighted by molar-refractivity contribution is 9.10. The van der Waals surface area contributed by atoms with Crippen LogP contribution in [-0.2, 0) is 0 Å². The molecule has 3 aromatic rings. The molecular formula is C12H7BrClN3S. The lowest BCUT2D eigenvalue weighted by Crippen LogP contribution is -1.90. The Hall–Kier alpha value is -1.04. The van der Waals surface area contributed by atoms with Crippen molar-refractivity contribution < 1.29 is 0 Å². The third-order valence-electron chi connectivity index (χ3n) is 2.49. The first-order chi connectivity index (χ1) is 8.65. The van der Waals surface area contributed by atoms with Crippen LogP contribution in [0.3, 0.4) is 0 Å². The molecule has 0 aliphatic rings. The average Bonchev–Trinajstić information content (AvgIpc) is 2.70. The van der Waals surface area contributed by atoms with Crippen molar-refractivity contribution >= 4 is 49.1 Å². The number of nitrogens with zero attached hydrogens (tertiary/aromatic N) is 3. The molecule has 0 aliphatic carbocycles. The van der Waals surface area contributed by atoms with Crippen LogP contribution < -0.4 is 0 Å². The van der Waals surface area contributed by atoms with Crippen molar-refractivity contribution in [3.63, 3.8) is 0 Å². The molecule has 0 saturated carbocycles. The molecule has 0 radical (unpaired) electrons. The van der Waals surface area contributed by atoms with Crippen LogP contribution in [0, 0.1) is 6.92 Å². The lowest BCUT2D eigenvalue weighted by molar-refractivity contribution is 1.21. The second-order valence-electron chi connectivity index (χ2n) is 3.85. The molecule has 3 rings (SSSR count). The van der Waals surface area contributed by atoms with Crippen LogP contribution in [0.15, 0.2) is 28.3 Å². The second-order valence-corrected chi connectivity index (χ2v) is 5.93. The maximum absolute atomic E-state index is 5.98. The summed E-state index contributed by atoms with van der Waals surface area (Å²) < 4.78 is 1.95. The lowest BCUT2D eigenvalue weighted by atomic mass is 10.1. The summed E-state index contributed by atoms with van der Waals surface area (Å²) in [6, 6.07) is 2.04. The molecule has 3 nitrogen and oxygen atoms in total. The van der Waals surface area contributed by atoms with Crippen molar-refractivity contribution in [2.75, 3.05) is 0 Å². The van der Waals surface area contributed by atoms with Gasteiger partial charge in [0, 0.05) is 23.3 Å². The molecule has 0 amide bonds. The van der Waals surface area contributed by atoms with Crippen LogP contribution in [0.2, 0.25) is 5.28 Å². The molecule has 0 aromatic carbocycles. The summed E-state index contributed by atoms with van der Waals surface area (Å²) in [6.45, 7) is 2.00. The fourth-order valence-corrected chi connectivity index (χ4v) is 3.49. The SMILES string of the molecule is Cc1cncc(-c2nc(Cl)nc3c(Br)csc23)c1. The Morgan fingerprint density at radius 2 is 2.11 bits per heavy atom. The molecule has 3 heterocycles. The van der Waals surface area contributed by atoms with E-state index in [2.05, 4.69) is 30.9 Å². The van der Waals surface area contributed by atoms with Crippen molar-refractivity contribution in [1.82, 2.24) is 15.0 Å². The highest BCUT2D eigenvalue weighted by Gasteiger charge is 2.13. The molecule has 0 bridgehead atoms. The summed E-state index contributed by atoms with van der Waals surface area (Å²) in [5, 5.41) is 2.24. The zero-order valence-electron chi connectivity index (χ0n) is 9.32. The van der Waals surface area contributed by atoms with Gasteiger partial charge in [0.1, 0.15) is 5.52 Å². The zero-order valence-corrected chi connectivity index (χ0v) is 12.5. The minimum absolute atomic E-state index is 0.248. The van der Waals surface area contributed by atoms with Gasteiger partial charge in [0.25, 0.3) is 0 Å². The molecule has 18 heavy (non-hydrogen) atoms. The third-order valence-corrected chi connectivity index (χ3v) is 4.55. The van der Waals surface area contributed by atoms with E-state index in [9.17, 15) is 0 Å². The van der Waals surface area contributed by atoms with E-state index in [0.717, 1.165) is 31.5 Å². The number of thiophene rings is 1. The first-order valence-corrected chi connectivity index (χ1v) is 7.22. The predicted molar refractivity (Wildman–Crippen MR) is 78.1 cm³/mol. The maximum atomic E-state index is 5.98. The van der Waals surface area contributed by atoms with Gasteiger partial charge in [0.2, 0.25) is 5.28 Å². The molecular weight excluding hydrogens is 334 g/mol. The van der Waals surface area contributed by atoms with Gasteiger partial charge in [-0.2, -0.15) is 0 Å². The number of rotatable bonds is 1. The molecule has 0 fully saturated rings. The number of fused-ring (bicyclic) bond motifs is 1. The number of aromatic nitrogens is 3. The van der Waals surface area contributed by atoms with Crippen molar-refractivity contribution in [2.45, 2.75) is 6.92 Å². The monoisotopic (exact) mass is 339 g/mol. The molecule has 6 heteroatoms. The van der Waals surface area contributed by atoms with E-state index in [4.69, 9.17) is 11.6 Å². The molecule has 3 aromatic heterocycles. The molecule has 90 valence electrons. The number of pyridine rings is 1. The smallest absolute Gasteiger partial charge is 0.223 e. The van der Waals surface area contributed by atoms with Gasteiger partial charge >= 0.3 is 0 Å². The minimum Gasteiger partial charge on any atom is -0.264 e. The topological polar surface area (TPSA) is 38.7 Å². The summed E-state index contributed by atoms with van der Waals surface area (Å²) >= 11 is 11.0. The van der Waals surface area contributed by atoms with E-state index in [1.807, 2.05) is 24.6 Å². The van der Waals surface area contributed by atoms with Gasteiger partial charge in [-0.15, -0.1) is 11.3 Å². The fourth-order valence-electron chi connectivity index (χ4n) is 1.74. The Morgan fingerprint density at radius 3 is 2.89 bits per heavy atom. The van der Waals surface area contributed by atoms with Crippen molar-refractivity contribution in [1.29, 1.82) is 0 Å². The van der Waals surface area contributed by atoms with Crippen LogP contribution in [0.25, 0.3) is 21.5 Å². The first-order valence-electron chi connectivity index (χ1n) is 5.17. The number of hydrogen-bond donors (Lipinski definition) is 0. The second kappa shape index (κ2) is 4.57. The first kappa shape index (κ1) is 12.0. The van der Waals surface area contributed by atoms with Gasteiger partial charge in [-0.05, 0) is 46.1 Å². The Morgan fingerprint density at radius 1 is 1.28 bits per heavy atom. The summed E-state index contributed by atoms with van der Waals surface area (Å²) in [6.07, 6.45) is 3.60. The van der Waals surface area contributed by atoms with Crippen LogP contribution in [-0.4, -0.2) is 15.0 Å². The molecule has 0 unspecified atom stereocenters. The Balaban J connectivity index is 2.35. The fraction of sp³-hybridized carbons (Fsp3) is 0.0833. The molecule has 0 atom stereocenters. The quantitative estimate of drug-likeness (QED) is 0.613. The summed E-state index contributed by atoms with van der Waals surface area (Å²) in [5.74, 6) is 0. The zero-order chi connectivity index (χ0) is 12.7. The molecule has 0 N–H and O–H groups in total. The van der Waals surface area contributed by atoms with Crippen molar-refractivity contribution in [3.05, 3.63) is 39.2 Å². The van der Waals surface area contributed by atoms with Crippen LogP contribution in [0.5, 0.6) is 0 Å². The largest absolute Gasteiger partial charge is 0.264 e. The highest BCUT2D eigenvalue weighted by Crippen LogP contribution is 2.35. The van der Waals surface area contributed by atoms with Crippen molar-refractivity contribution in [3.8, 4) is 11.3 Å². The van der Waals surface area contributed by atoms with E-state index in [0.29, 0.717) is 0 Å². The van der Waals surface area contributed by atoms with Gasteiger partial charge < -0.3 is 0 Å². The maximum Gasteiger partial charge on any atom is 0.223 e. The molecule has 0 spiro atoms. The number of aryl methyl sites for hydroxylation is 1. The minimum atomic E-state index is 0.248. The van der Waals surface area contributed by atoms with Crippen LogP contribution in [0.1, 0.15) is 5.56 Å². The number of hydrogen-bond acceptors (Lipinski definition) is 4. The van der Waals surface area contributed by atoms with Gasteiger partial charge in [0.15, 0.2) is 0 Å². The standard InChI is InChI=1S/C12H7BrClN3S/c1-6-2-7(4-15-3-6)9-11-10(8(13)5-18-11)17-12(14)16-9/h2-5H,1H3. The van der Waals surface area contributed by atoms with E-state index < -0.39 is 0 Å². The normalized spacial score (nSPS) is 11.1. The van der Waals surface area contributed by atoms with E-state index in [-0.39, 0.29) is 5.28 Å². The third kappa shape index (κ3) is 2.02. The van der Waals surface area contributed by atoms with Gasteiger partial charge in [-0.25, -0.2) is 9.97 Å². The van der Waals surface area contributed by atoms with Crippen molar-refractivity contribution in [2.24, 2.45) is 0 Å². The molecule has 0 saturated heterocycles. The summed E-state index contributed by atoms with van der Waals surface area (Å²) in [5.41, 5.74) is 3.72.